The van der Waals surface area contributed by atoms with Gasteiger partial charge in [0, 0.05) is 5.39 Å². The van der Waals surface area contributed by atoms with Crippen molar-refractivity contribution in [3.05, 3.63) is 93.8 Å². The standard InChI is InChI=1S/C27H19N3O6/c28-12-15-3-1-4-18(11-15)16-7-9-17(10-8-16)20-14-36-21-6-2-5-19-24(21)30(20)27(35)23(25(19)33)26(34)29-13-22(31)32/h1-11,20,33H,13-14H2,(H,29,34)(H,31,32). The average Bonchev–Trinajstić information content (AvgIpc) is 2.90. The first-order valence-corrected chi connectivity index (χ1v) is 11.0. The summed E-state index contributed by atoms with van der Waals surface area (Å²) in [4.78, 5) is 37.2. The summed E-state index contributed by atoms with van der Waals surface area (Å²) in [6.45, 7) is -0.590. The third kappa shape index (κ3) is 3.80. The van der Waals surface area contributed by atoms with Gasteiger partial charge in [-0.15, -0.1) is 0 Å². The van der Waals surface area contributed by atoms with E-state index in [0.29, 0.717) is 16.8 Å². The number of carboxylic acid groups (broad SMARTS) is 1. The Kier molecular flexibility index (Phi) is 5.62. The summed E-state index contributed by atoms with van der Waals surface area (Å²) in [7, 11) is 0. The summed E-state index contributed by atoms with van der Waals surface area (Å²) in [5.41, 5.74) is 2.08. The van der Waals surface area contributed by atoms with Gasteiger partial charge in [0.25, 0.3) is 11.5 Å². The highest BCUT2D eigenvalue weighted by Gasteiger charge is 2.31. The van der Waals surface area contributed by atoms with Crippen molar-refractivity contribution in [2.75, 3.05) is 13.2 Å². The van der Waals surface area contributed by atoms with Gasteiger partial charge >= 0.3 is 5.97 Å². The van der Waals surface area contributed by atoms with E-state index < -0.39 is 41.3 Å². The lowest BCUT2D eigenvalue weighted by atomic mass is 9.98. The summed E-state index contributed by atoms with van der Waals surface area (Å²) < 4.78 is 7.32. The first-order chi connectivity index (χ1) is 17.4. The smallest absolute Gasteiger partial charge is 0.322 e. The zero-order valence-corrected chi connectivity index (χ0v) is 18.8. The van der Waals surface area contributed by atoms with Gasteiger partial charge in [0.2, 0.25) is 0 Å². The Balaban J connectivity index is 1.63. The van der Waals surface area contributed by atoms with Crippen LogP contribution in [0.5, 0.6) is 11.5 Å². The molecular formula is C27H19N3O6. The first kappa shape index (κ1) is 22.7. The van der Waals surface area contributed by atoms with E-state index >= 15 is 0 Å². The third-order valence-corrected chi connectivity index (χ3v) is 6.12. The van der Waals surface area contributed by atoms with E-state index in [0.717, 1.165) is 16.7 Å². The van der Waals surface area contributed by atoms with Crippen molar-refractivity contribution in [3.63, 3.8) is 0 Å². The zero-order chi connectivity index (χ0) is 25.4. The Morgan fingerprint density at radius 3 is 2.56 bits per heavy atom. The molecule has 1 aromatic heterocycles. The van der Waals surface area contributed by atoms with Gasteiger partial charge in [-0.2, -0.15) is 5.26 Å². The quantitative estimate of drug-likeness (QED) is 0.398. The second-order valence-corrected chi connectivity index (χ2v) is 8.27. The number of rotatable bonds is 5. The molecular weight excluding hydrogens is 462 g/mol. The summed E-state index contributed by atoms with van der Waals surface area (Å²) in [5.74, 6) is -2.40. The normalized spacial score (nSPS) is 14.0. The van der Waals surface area contributed by atoms with Gasteiger partial charge in [-0.1, -0.05) is 42.5 Å². The number of hydrogen-bond donors (Lipinski definition) is 3. The third-order valence-electron chi connectivity index (χ3n) is 6.12. The number of pyridine rings is 1. The Bertz CT molecular complexity index is 1630. The summed E-state index contributed by atoms with van der Waals surface area (Å²) in [5, 5.41) is 31.3. The number of hydrogen-bond acceptors (Lipinski definition) is 6. The van der Waals surface area contributed by atoms with Crippen molar-refractivity contribution < 1.29 is 24.5 Å². The van der Waals surface area contributed by atoms with Gasteiger partial charge in [0.1, 0.15) is 30.2 Å². The number of carbonyl (C=O) groups is 2. The van der Waals surface area contributed by atoms with Gasteiger partial charge < -0.3 is 20.3 Å². The molecule has 0 aliphatic carbocycles. The molecule has 178 valence electrons. The molecule has 4 aromatic rings. The lowest BCUT2D eigenvalue weighted by Crippen LogP contribution is -2.39. The summed E-state index contributed by atoms with van der Waals surface area (Å²) >= 11 is 0. The fraction of sp³-hybridized carbons (Fsp3) is 0.111. The zero-order valence-electron chi connectivity index (χ0n) is 18.8. The van der Waals surface area contributed by atoms with Crippen molar-refractivity contribution in [3.8, 4) is 28.7 Å². The van der Waals surface area contributed by atoms with Crippen molar-refractivity contribution >= 4 is 22.8 Å². The van der Waals surface area contributed by atoms with Crippen molar-refractivity contribution in [2.45, 2.75) is 6.04 Å². The molecule has 0 saturated heterocycles. The molecule has 9 heteroatoms. The second-order valence-electron chi connectivity index (χ2n) is 8.27. The molecule has 3 N–H and O–H groups in total. The minimum Gasteiger partial charge on any atom is -0.506 e. The number of ether oxygens (including phenoxy) is 1. The van der Waals surface area contributed by atoms with Crippen LogP contribution >= 0.6 is 0 Å². The Morgan fingerprint density at radius 2 is 1.83 bits per heavy atom. The molecule has 0 saturated carbocycles. The molecule has 1 atom stereocenters. The van der Waals surface area contributed by atoms with Gasteiger partial charge in [-0.25, -0.2) is 0 Å². The van der Waals surface area contributed by atoms with E-state index in [1.807, 2.05) is 30.3 Å². The first-order valence-electron chi connectivity index (χ1n) is 11.0. The number of nitrogens with zero attached hydrogens (tertiary/aromatic N) is 2. The predicted octanol–water partition coefficient (Wildman–Crippen LogP) is 3.04. The van der Waals surface area contributed by atoms with Crippen LogP contribution < -0.4 is 15.6 Å². The van der Waals surface area contributed by atoms with E-state index in [4.69, 9.17) is 9.84 Å². The maximum atomic E-state index is 13.6. The maximum absolute atomic E-state index is 13.6. The molecule has 36 heavy (non-hydrogen) atoms. The number of nitriles is 1. The Hall–Kier alpha value is -5.10. The predicted molar refractivity (Wildman–Crippen MR) is 130 cm³/mol. The number of carbonyl (C=O) groups excluding carboxylic acids is 1. The number of aromatic nitrogens is 1. The Labute approximate surface area is 204 Å². The second kappa shape index (κ2) is 8.92. The van der Waals surface area contributed by atoms with E-state index in [1.165, 1.54) is 4.57 Å². The summed E-state index contributed by atoms with van der Waals surface area (Å²) in [6, 6.07) is 21.0. The van der Waals surface area contributed by atoms with Gasteiger partial charge in [0.05, 0.1) is 23.2 Å². The lowest BCUT2D eigenvalue weighted by molar-refractivity contribution is -0.135. The number of carboxylic acids is 1. The molecule has 1 amide bonds. The fourth-order valence-electron chi connectivity index (χ4n) is 4.44. The largest absolute Gasteiger partial charge is 0.506 e. The molecule has 2 heterocycles. The molecule has 0 spiro atoms. The minimum absolute atomic E-state index is 0.107. The number of amides is 1. The number of benzene rings is 3. The van der Waals surface area contributed by atoms with E-state index in [9.17, 15) is 24.8 Å². The number of para-hydroxylation sites is 1. The van der Waals surface area contributed by atoms with Gasteiger partial charge in [0.15, 0.2) is 0 Å². The lowest BCUT2D eigenvalue weighted by Gasteiger charge is -2.29. The average molecular weight is 481 g/mol. The monoisotopic (exact) mass is 481 g/mol. The fourth-order valence-corrected chi connectivity index (χ4v) is 4.44. The molecule has 9 nitrogen and oxygen atoms in total. The molecule has 1 aliphatic rings. The van der Waals surface area contributed by atoms with Crippen LogP contribution in [0.15, 0.2) is 71.5 Å². The molecule has 3 aromatic carbocycles. The SMILES string of the molecule is N#Cc1cccc(-c2ccc(C3COc4cccc5c(O)c(C(=O)NCC(=O)O)c(=O)n3c45)cc2)c1. The van der Waals surface area contributed by atoms with Gasteiger partial charge in [-0.3, -0.25) is 19.0 Å². The van der Waals surface area contributed by atoms with E-state index in [-0.39, 0.29) is 12.0 Å². The molecule has 1 unspecified atom stereocenters. The van der Waals surface area contributed by atoms with Crippen LogP contribution in [-0.4, -0.2) is 39.8 Å². The number of nitrogens with one attached hydrogen (secondary N) is 1. The molecule has 1 aliphatic heterocycles. The number of aliphatic carboxylic acids is 1. The topological polar surface area (TPSA) is 142 Å². The van der Waals surface area contributed by atoms with E-state index in [2.05, 4.69) is 11.4 Å². The maximum Gasteiger partial charge on any atom is 0.322 e. The van der Waals surface area contributed by atoms with Gasteiger partial charge in [-0.05, 0) is 41.0 Å². The van der Waals surface area contributed by atoms with Crippen LogP contribution in [0.1, 0.15) is 27.5 Å². The molecule has 0 fully saturated rings. The highest BCUT2D eigenvalue weighted by Crippen LogP contribution is 2.38. The summed E-state index contributed by atoms with van der Waals surface area (Å²) in [6.07, 6.45) is 0. The van der Waals surface area contributed by atoms with Crippen molar-refractivity contribution in [1.82, 2.24) is 9.88 Å². The minimum atomic E-state index is -1.28. The molecule has 5 rings (SSSR count). The Morgan fingerprint density at radius 1 is 1.08 bits per heavy atom. The molecule has 0 bridgehead atoms. The van der Waals surface area contributed by atoms with Crippen LogP contribution in [0.25, 0.3) is 22.0 Å². The molecule has 0 radical (unpaired) electrons. The van der Waals surface area contributed by atoms with Crippen LogP contribution in [0, 0.1) is 11.3 Å². The van der Waals surface area contributed by atoms with Crippen molar-refractivity contribution in [1.29, 1.82) is 5.26 Å². The highest BCUT2D eigenvalue weighted by molar-refractivity contribution is 6.04. The van der Waals surface area contributed by atoms with Crippen LogP contribution in [0.3, 0.4) is 0 Å². The van der Waals surface area contributed by atoms with Crippen LogP contribution in [-0.2, 0) is 4.79 Å². The van der Waals surface area contributed by atoms with Crippen LogP contribution in [0.4, 0.5) is 0 Å². The van der Waals surface area contributed by atoms with E-state index in [1.54, 1.807) is 36.4 Å². The number of aromatic hydroxyl groups is 1. The van der Waals surface area contributed by atoms with Crippen LogP contribution in [0.2, 0.25) is 0 Å². The highest BCUT2D eigenvalue weighted by atomic mass is 16.5. The van der Waals surface area contributed by atoms with Crippen molar-refractivity contribution in [2.24, 2.45) is 0 Å².